The third-order valence-electron chi connectivity index (χ3n) is 4.25. The van der Waals surface area contributed by atoms with Gasteiger partial charge in [0.05, 0.1) is 12.3 Å². The Balaban J connectivity index is 1.61. The third kappa shape index (κ3) is 4.92. The number of amides is 2. The summed E-state index contributed by atoms with van der Waals surface area (Å²) in [7, 11) is 0. The minimum Gasteiger partial charge on any atom is -0.494 e. The second-order valence-electron chi connectivity index (χ2n) is 6.46. The molecule has 3 rings (SSSR count). The van der Waals surface area contributed by atoms with Crippen molar-refractivity contribution >= 4 is 40.1 Å². The van der Waals surface area contributed by atoms with Gasteiger partial charge < -0.3 is 15.4 Å². The van der Waals surface area contributed by atoms with E-state index >= 15 is 0 Å². The van der Waals surface area contributed by atoms with Crippen LogP contribution in [-0.2, 0) is 9.59 Å². The molecular weight excluding hydrogens is 374 g/mol. The number of carbonyl (C=O) groups excluding carboxylic acids is 2. The molecule has 1 aliphatic heterocycles. The van der Waals surface area contributed by atoms with Crippen LogP contribution in [0.25, 0.3) is 0 Å². The molecule has 1 aliphatic rings. The highest BCUT2D eigenvalue weighted by atomic mass is 32.2. The van der Waals surface area contributed by atoms with E-state index in [9.17, 15) is 9.59 Å². The van der Waals surface area contributed by atoms with Crippen molar-refractivity contribution < 1.29 is 14.3 Å². The van der Waals surface area contributed by atoms with E-state index in [1.54, 1.807) is 24.3 Å². The molecule has 0 radical (unpaired) electrons. The molecule has 2 aromatic rings. The van der Waals surface area contributed by atoms with Crippen LogP contribution in [-0.4, -0.2) is 28.8 Å². The van der Waals surface area contributed by atoms with Crippen molar-refractivity contribution in [1.29, 1.82) is 0 Å². The lowest BCUT2D eigenvalue weighted by atomic mass is 10.1. The fourth-order valence-electron chi connectivity index (χ4n) is 2.86. The molecule has 2 N–H and O–H groups in total. The Morgan fingerprint density at radius 3 is 2.50 bits per heavy atom. The quantitative estimate of drug-likeness (QED) is 0.773. The van der Waals surface area contributed by atoms with Gasteiger partial charge in [-0.25, -0.2) is 4.99 Å². The van der Waals surface area contributed by atoms with Gasteiger partial charge in [-0.15, -0.1) is 0 Å². The van der Waals surface area contributed by atoms with E-state index in [-0.39, 0.29) is 18.2 Å². The number of carbonyl (C=O) groups is 2. The van der Waals surface area contributed by atoms with Crippen molar-refractivity contribution in [3.05, 3.63) is 53.6 Å². The molecule has 2 amide bonds. The normalized spacial score (nSPS) is 17.5. The van der Waals surface area contributed by atoms with Gasteiger partial charge in [0.25, 0.3) is 0 Å². The van der Waals surface area contributed by atoms with E-state index in [2.05, 4.69) is 15.6 Å². The molecule has 0 unspecified atom stereocenters. The number of hydrogen-bond acceptors (Lipinski definition) is 5. The van der Waals surface area contributed by atoms with Crippen LogP contribution in [0.1, 0.15) is 24.5 Å². The maximum absolute atomic E-state index is 12.3. The van der Waals surface area contributed by atoms with Crippen molar-refractivity contribution in [1.82, 2.24) is 5.32 Å². The van der Waals surface area contributed by atoms with Crippen LogP contribution >= 0.6 is 11.8 Å². The molecule has 1 heterocycles. The average molecular weight is 398 g/mol. The topological polar surface area (TPSA) is 79.8 Å². The predicted molar refractivity (Wildman–Crippen MR) is 113 cm³/mol. The molecular formula is C21H23N3O3S. The molecule has 6 nitrogen and oxygen atoms in total. The molecule has 0 aliphatic carbocycles. The largest absolute Gasteiger partial charge is 0.494 e. The van der Waals surface area contributed by atoms with Gasteiger partial charge in [-0.3, -0.25) is 9.59 Å². The molecule has 2 aromatic carbocycles. The number of anilines is 1. The van der Waals surface area contributed by atoms with E-state index in [1.165, 1.54) is 11.8 Å². The highest BCUT2D eigenvalue weighted by molar-refractivity contribution is 8.15. The number of benzene rings is 2. The number of nitrogens with zero attached hydrogens (tertiary/aromatic N) is 1. The molecule has 0 spiro atoms. The number of thioether (sulfide) groups is 1. The van der Waals surface area contributed by atoms with E-state index < -0.39 is 5.25 Å². The summed E-state index contributed by atoms with van der Waals surface area (Å²) in [5.41, 5.74) is 3.60. The summed E-state index contributed by atoms with van der Waals surface area (Å²) < 4.78 is 5.38. The Hall–Kier alpha value is -2.80. The number of nitrogens with one attached hydrogen (secondary N) is 2. The smallest absolute Gasteiger partial charge is 0.240 e. The Labute approximate surface area is 168 Å². The summed E-state index contributed by atoms with van der Waals surface area (Å²) in [4.78, 5) is 29.1. The minimum absolute atomic E-state index is 0.0789. The van der Waals surface area contributed by atoms with Gasteiger partial charge >= 0.3 is 0 Å². The minimum atomic E-state index is -0.495. The second kappa shape index (κ2) is 8.93. The summed E-state index contributed by atoms with van der Waals surface area (Å²) >= 11 is 1.29. The lowest BCUT2D eigenvalue weighted by Gasteiger charge is -2.08. The molecule has 0 saturated carbocycles. The maximum Gasteiger partial charge on any atom is 0.240 e. The molecule has 1 fully saturated rings. The highest BCUT2D eigenvalue weighted by Crippen LogP contribution is 2.29. The number of aliphatic imine (C=N–C) groups is 1. The van der Waals surface area contributed by atoms with E-state index in [0.29, 0.717) is 17.5 Å². The zero-order valence-corrected chi connectivity index (χ0v) is 16.9. The maximum atomic E-state index is 12.3. The van der Waals surface area contributed by atoms with Crippen LogP contribution < -0.4 is 15.4 Å². The fraction of sp³-hybridized carbons (Fsp3) is 0.286. The van der Waals surface area contributed by atoms with Gasteiger partial charge in [0, 0.05) is 12.1 Å². The van der Waals surface area contributed by atoms with Gasteiger partial charge in [-0.2, -0.15) is 0 Å². The van der Waals surface area contributed by atoms with Gasteiger partial charge in [-0.1, -0.05) is 30.0 Å². The Morgan fingerprint density at radius 1 is 1.18 bits per heavy atom. The molecule has 28 heavy (non-hydrogen) atoms. The van der Waals surface area contributed by atoms with Crippen molar-refractivity contribution in [3.63, 3.8) is 0 Å². The summed E-state index contributed by atoms with van der Waals surface area (Å²) in [5, 5.41) is 5.62. The standard InChI is InChI=1S/C21H23N3O3S/c1-4-27-16-10-8-15(9-11-16)22-18(25)12-17-20(26)24-21(28-17)23-19-13(2)6-5-7-14(19)3/h5-11,17H,4,12H2,1-3H3,(H,22,25)(H,23,24,26)/t17-/m1/s1. The average Bonchev–Trinajstić information content (AvgIpc) is 2.99. The molecule has 0 aromatic heterocycles. The fourth-order valence-corrected chi connectivity index (χ4v) is 3.83. The van der Waals surface area contributed by atoms with Gasteiger partial charge in [0.2, 0.25) is 11.8 Å². The first-order valence-electron chi connectivity index (χ1n) is 9.11. The SMILES string of the molecule is CCOc1ccc(NC(=O)C[C@H]2SC(=Nc3c(C)cccc3C)NC2=O)cc1. The second-order valence-corrected chi connectivity index (χ2v) is 7.65. The van der Waals surface area contributed by atoms with Crippen LogP contribution in [0.15, 0.2) is 47.5 Å². The molecule has 1 saturated heterocycles. The van der Waals surface area contributed by atoms with Crippen LogP contribution in [0.3, 0.4) is 0 Å². The van der Waals surface area contributed by atoms with Crippen molar-refractivity contribution in [3.8, 4) is 5.75 Å². The first-order chi connectivity index (χ1) is 13.5. The number of amidine groups is 1. The monoisotopic (exact) mass is 397 g/mol. The van der Waals surface area contributed by atoms with Crippen LogP contribution in [0, 0.1) is 13.8 Å². The van der Waals surface area contributed by atoms with Crippen LogP contribution in [0.5, 0.6) is 5.75 Å². The van der Waals surface area contributed by atoms with Crippen molar-refractivity contribution in [2.24, 2.45) is 4.99 Å². The lowest BCUT2D eigenvalue weighted by molar-refractivity contribution is -0.122. The number of rotatable bonds is 6. The molecule has 0 bridgehead atoms. The number of ether oxygens (including phenoxy) is 1. The number of aryl methyl sites for hydroxylation is 2. The number of hydrogen-bond donors (Lipinski definition) is 2. The Kier molecular flexibility index (Phi) is 6.36. The van der Waals surface area contributed by atoms with E-state index in [4.69, 9.17) is 4.74 Å². The lowest BCUT2D eigenvalue weighted by Crippen LogP contribution is -2.28. The Bertz CT molecular complexity index is 889. The number of para-hydroxylation sites is 1. The van der Waals surface area contributed by atoms with E-state index in [1.807, 2.05) is 39.0 Å². The van der Waals surface area contributed by atoms with E-state index in [0.717, 1.165) is 22.6 Å². The molecule has 146 valence electrons. The summed E-state index contributed by atoms with van der Waals surface area (Å²) in [6.07, 6.45) is 0.0789. The summed E-state index contributed by atoms with van der Waals surface area (Å²) in [6.45, 7) is 6.47. The first kappa shape index (κ1) is 19.9. The first-order valence-corrected chi connectivity index (χ1v) is 9.99. The van der Waals surface area contributed by atoms with Crippen molar-refractivity contribution in [2.75, 3.05) is 11.9 Å². The molecule has 1 atom stereocenters. The molecule has 7 heteroatoms. The third-order valence-corrected chi connectivity index (χ3v) is 5.33. The Morgan fingerprint density at radius 2 is 1.86 bits per heavy atom. The van der Waals surface area contributed by atoms with Crippen LogP contribution in [0.4, 0.5) is 11.4 Å². The highest BCUT2D eigenvalue weighted by Gasteiger charge is 2.32. The van der Waals surface area contributed by atoms with Crippen molar-refractivity contribution in [2.45, 2.75) is 32.4 Å². The summed E-state index contributed by atoms with van der Waals surface area (Å²) in [6, 6.07) is 13.1. The van der Waals surface area contributed by atoms with Gasteiger partial charge in [0.1, 0.15) is 11.0 Å². The zero-order valence-electron chi connectivity index (χ0n) is 16.1. The van der Waals surface area contributed by atoms with Gasteiger partial charge in [0.15, 0.2) is 5.17 Å². The summed E-state index contributed by atoms with van der Waals surface area (Å²) in [5.74, 6) is 0.334. The zero-order chi connectivity index (χ0) is 20.1. The van der Waals surface area contributed by atoms with Crippen LogP contribution in [0.2, 0.25) is 0 Å². The predicted octanol–water partition coefficient (Wildman–Crippen LogP) is 3.95. The van der Waals surface area contributed by atoms with Gasteiger partial charge in [-0.05, 0) is 56.2 Å².